The van der Waals surface area contributed by atoms with Crippen molar-refractivity contribution in [3.8, 4) is 5.75 Å². The maximum atomic E-state index is 13.3. The molecule has 182 valence electrons. The highest BCUT2D eigenvalue weighted by molar-refractivity contribution is 9.11. The summed E-state index contributed by atoms with van der Waals surface area (Å²) in [5.74, 6) is -2.46. The predicted molar refractivity (Wildman–Crippen MR) is 143 cm³/mol. The zero-order valence-corrected chi connectivity index (χ0v) is 23.0. The lowest BCUT2D eigenvalue weighted by Gasteiger charge is -2.27. The van der Waals surface area contributed by atoms with E-state index in [1.54, 1.807) is 43.3 Å². The number of urea groups is 1. The lowest BCUT2D eigenvalue weighted by Crippen LogP contribution is -2.54. The quantitative estimate of drug-likeness (QED) is 0.146. The minimum atomic E-state index is -0.885. The number of hydrogen-bond donors (Lipinski definition) is 1. The molecule has 1 aliphatic rings. The van der Waals surface area contributed by atoms with E-state index in [0.29, 0.717) is 25.2 Å². The Morgan fingerprint density at radius 1 is 1.03 bits per heavy atom. The zero-order chi connectivity index (χ0) is 26.1. The molecule has 0 saturated carbocycles. The zero-order valence-electron chi connectivity index (χ0n) is 18.3. The van der Waals surface area contributed by atoms with Crippen LogP contribution >= 0.6 is 55.1 Å². The average molecular weight is 653 g/mol. The summed E-state index contributed by atoms with van der Waals surface area (Å²) in [7, 11) is 0. The predicted octanol–water partition coefficient (Wildman–Crippen LogP) is 6.71. The van der Waals surface area contributed by atoms with E-state index in [-0.39, 0.29) is 27.5 Å². The maximum absolute atomic E-state index is 13.3. The maximum Gasteiger partial charge on any atom is 0.345 e. The third-order valence-corrected chi connectivity index (χ3v) is 6.74. The molecule has 0 radical (unpaired) electrons. The second kappa shape index (κ2) is 10.6. The Bertz CT molecular complexity index is 1490. The summed E-state index contributed by atoms with van der Waals surface area (Å²) in [5, 5.41) is 2.62. The van der Waals surface area contributed by atoms with Gasteiger partial charge in [0.25, 0.3) is 11.8 Å². The van der Waals surface area contributed by atoms with Gasteiger partial charge in [-0.1, -0.05) is 57.3 Å². The first kappa shape index (κ1) is 26.1. The van der Waals surface area contributed by atoms with Crippen LogP contribution in [0, 0.1) is 6.92 Å². The molecule has 4 rings (SSSR count). The van der Waals surface area contributed by atoms with E-state index in [2.05, 4.69) is 37.2 Å². The van der Waals surface area contributed by atoms with E-state index in [1.807, 2.05) is 0 Å². The Labute approximate surface area is 232 Å². The topological polar surface area (TPSA) is 92.8 Å². The lowest BCUT2D eigenvalue weighted by atomic mass is 10.0. The fourth-order valence-electron chi connectivity index (χ4n) is 3.44. The van der Waals surface area contributed by atoms with Gasteiger partial charge < -0.3 is 4.74 Å². The molecule has 1 N–H and O–H groups in total. The molecule has 3 aromatic rings. The first-order valence-electron chi connectivity index (χ1n) is 10.2. The van der Waals surface area contributed by atoms with Crippen molar-refractivity contribution in [2.75, 3.05) is 4.90 Å². The molecule has 7 nitrogen and oxygen atoms in total. The van der Waals surface area contributed by atoms with Crippen molar-refractivity contribution in [3.63, 3.8) is 0 Å². The average Bonchev–Trinajstić information content (AvgIpc) is 2.79. The number of hydrogen-bond acceptors (Lipinski definition) is 5. The Morgan fingerprint density at radius 2 is 1.75 bits per heavy atom. The molecule has 3 aromatic carbocycles. The number of halogens is 4. The van der Waals surface area contributed by atoms with E-state index < -0.39 is 23.8 Å². The third kappa shape index (κ3) is 5.24. The molecule has 0 atom stereocenters. The van der Waals surface area contributed by atoms with Crippen LogP contribution in [-0.4, -0.2) is 23.8 Å². The van der Waals surface area contributed by atoms with Crippen LogP contribution in [0.25, 0.3) is 6.08 Å². The van der Waals surface area contributed by atoms with Crippen molar-refractivity contribution in [1.82, 2.24) is 5.32 Å². The summed E-state index contributed by atoms with van der Waals surface area (Å²) < 4.78 is 6.53. The largest absolute Gasteiger partial charge is 0.421 e. The minimum absolute atomic E-state index is 0.0293. The van der Waals surface area contributed by atoms with Crippen LogP contribution in [0.4, 0.5) is 10.5 Å². The molecular weight excluding hydrogens is 639 g/mol. The number of carbonyl (C=O) groups excluding carboxylic acids is 4. The summed E-state index contributed by atoms with van der Waals surface area (Å²) in [6, 6.07) is 13.4. The fourth-order valence-corrected chi connectivity index (χ4v) is 5.27. The van der Waals surface area contributed by atoms with Gasteiger partial charge in [-0.2, -0.15) is 0 Å². The Balaban J connectivity index is 1.77. The Kier molecular flexibility index (Phi) is 7.65. The molecule has 0 aromatic heterocycles. The Hall–Kier alpha value is -2.98. The molecular formula is C25H14Br2Cl2N2O5. The van der Waals surface area contributed by atoms with Crippen LogP contribution in [0.5, 0.6) is 5.75 Å². The molecule has 1 saturated heterocycles. The van der Waals surface area contributed by atoms with E-state index in [0.717, 1.165) is 4.90 Å². The van der Waals surface area contributed by atoms with Gasteiger partial charge in [0, 0.05) is 15.1 Å². The molecule has 1 aliphatic heterocycles. The van der Waals surface area contributed by atoms with Gasteiger partial charge in [-0.3, -0.25) is 14.9 Å². The van der Waals surface area contributed by atoms with Gasteiger partial charge >= 0.3 is 12.0 Å². The van der Waals surface area contributed by atoms with Gasteiger partial charge in [0.05, 0.1) is 20.7 Å². The molecule has 0 bridgehead atoms. The number of amides is 4. The standard InChI is InChI=1S/C25H14Br2Cl2N2O5/c1-12-4-2-3-5-20(12)31-23(33)17(22(32)30-25(31)35)9-13-8-14(26)10-18(27)21(13)36-24(34)16-7-6-15(28)11-19(16)29/h2-11H,1H3,(H,30,32,35)/b17-9-. The molecule has 1 heterocycles. The molecule has 1 fully saturated rings. The molecule has 11 heteroatoms. The normalized spacial score (nSPS) is 14.8. The molecule has 0 spiro atoms. The first-order valence-corrected chi connectivity index (χ1v) is 12.5. The molecule has 0 aliphatic carbocycles. The van der Waals surface area contributed by atoms with Crippen LogP contribution in [0.1, 0.15) is 21.5 Å². The summed E-state index contributed by atoms with van der Waals surface area (Å²) in [4.78, 5) is 52.3. The second-order valence-corrected chi connectivity index (χ2v) is 10.2. The highest BCUT2D eigenvalue weighted by Crippen LogP contribution is 2.36. The minimum Gasteiger partial charge on any atom is -0.421 e. The van der Waals surface area contributed by atoms with E-state index >= 15 is 0 Å². The number of benzene rings is 3. The third-order valence-electron chi connectivity index (χ3n) is 5.14. The van der Waals surface area contributed by atoms with Crippen LogP contribution < -0.4 is 15.0 Å². The van der Waals surface area contributed by atoms with Crippen molar-refractivity contribution in [3.05, 3.63) is 95.9 Å². The molecule has 36 heavy (non-hydrogen) atoms. The smallest absolute Gasteiger partial charge is 0.345 e. The number of nitrogens with one attached hydrogen (secondary N) is 1. The number of anilines is 1. The van der Waals surface area contributed by atoms with Gasteiger partial charge in [-0.15, -0.1) is 0 Å². The number of rotatable bonds is 4. The molecule has 0 unspecified atom stereocenters. The Morgan fingerprint density at radius 3 is 2.44 bits per heavy atom. The van der Waals surface area contributed by atoms with Crippen LogP contribution in [0.15, 0.2) is 69.1 Å². The molecule has 4 amide bonds. The number of ether oxygens (including phenoxy) is 1. The van der Waals surface area contributed by atoms with Gasteiger partial charge in [0.2, 0.25) is 0 Å². The highest BCUT2D eigenvalue weighted by Gasteiger charge is 2.37. The van der Waals surface area contributed by atoms with E-state index in [9.17, 15) is 19.2 Å². The summed E-state index contributed by atoms with van der Waals surface area (Å²) in [6.07, 6.45) is 1.25. The second-order valence-electron chi connectivity index (χ2n) is 7.56. The van der Waals surface area contributed by atoms with Gasteiger partial charge in [0.15, 0.2) is 5.75 Å². The number of esters is 1. The van der Waals surface area contributed by atoms with Crippen molar-refractivity contribution < 1.29 is 23.9 Å². The highest BCUT2D eigenvalue weighted by atomic mass is 79.9. The lowest BCUT2D eigenvalue weighted by molar-refractivity contribution is -0.122. The number of aryl methyl sites for hydroxylation is 1. The van der Waals surface area contributed by atoms with Crippen molar-refractivity contribution in [2.24, 2.45) is 0 Å². The van der Waals surface area contributed by atoms with Gasteiger partial charge in [-0.05, 0) is 70.9 Å². The monoisotopic (exact) mass is 650 g/mol. The number of nitrogens with zero attached hydrogens (tertiary/aromatic N) is 1. The summed E-state index contributed by atoms with van der Waals surface area (Å²) in [6.45, 7) is 1.74. The number of imide groups is 2. The number of carbonyl (C=O) groups is 4. The summed E-state index contributed by atoms with van der Waals surface area (Å²) >= 11 is 18.8. The van der Waals surface area contributed by atoms with E-state index in [4.69, 9.17) is 27.9 Å². The van der Waals surface area contributed by atoms with Crippen LogP contribution in [0.2, 0.25) is 10.0 Å². The van der Waals surface area contributed by atoms with Gasteiger partial charge in [-0.25, -0.2) is 14.5 Å². The van der Waals surface area contributed by atoms with Crippen LogP contribution in [0.3, 0.4) is 0 Å². The summed E-state index contributed by atoms with van der Waals surface area (Å²) in [5.41, 5.74) is 0.946. The van der Waals surface area contributed by atoms with Crippen molar-refractivity contribution >= 4 is 90.6 Å². The van der Waals surface area contributed by atoms with Gasteiger partial charge in [0.1, 0.15) is 5.57 Å². The number of para-hydroxylation sites is 1. The van der Waals surface area contributed by atoms with Crippen molar-refractivity contribution in [2.45, 2.75) is 6.92 Å². The van der Waals surface area contributed by atoms with E-state index in [1.165, 1.54) is 24.3 Å². The first-order chi connectivity index (χ1) is 17.1. The number of barbiturate groups is 1. The van der Waals surface area contributed by atoms with Crippen LogP contribution in [-0.2, 0) is 9.59 Å². The van der Waals surface area contributed by atoms with Crippen molar-refractivity contribution in [1.29, 1.82) is 0 Å². The SMILES string of the molecule is Cc1ccccc1N1C(=O)NC(=O)/C(=C/c2cc(Br)cc(Br)c2OC(=O)c2ccc(Cl)cc2Cl)C1=O. The fraction of sp³-hybridized carbons (Fsp3) is 0.0400.